The van der Waals surface area contributed by atoms with Crippen molar-refractivity contribution in [2.24, 2.45) is 0 Å². The first-order valence-electron chi connectivity index (χ1n) is 8.55. The molecule has 136 valence electrons. The Morgan fingerprint density at radius 2 is 2.08 bits per heavy atom. The molecule has 3 rings (SSSR count). The lowest BCUT2D eigenvalue weighted by atomic mass is 9.82. The van der Waals surface area contributed by atoms with Gasteiger partial charge in [-0.3, -0.25) is 0 Å². The monoisotopic (exact) mass is 349 g/mol. The van der Waals surface area contributed by atoms with Gasteiger partial charge >= 0.3 is 0 Å². The molecule has 2 aromatic rings. The molecule has 5 nitrogen and oxygen atoms in total. The number of rotatable bonds is 8. The van der Waals surface area contributed by atoms with Gasteiger partial charge in [0.2, 0.25) is 0 Å². The second-order valence-electron chi connectivity index (χ2n) is 6.33. The zero-order valence-corrected chi connectivity index (χ0v) is 14.1. The fourth-order valence-corrected chi connectivity index (χ4v) is 3.14. The summed E-state index contributed by atoms with van der Waals surface area (Å²) < 4.78 is 29.8. The Balaban J connectivity index is 1.55. The van der Waals surface area contributed by atoms with E-state index in [9.17, 15) is 9.50 Å². The van der Waals surface area contributed by atoms with Gasteiger partial charge < -0.3 is 24.3 Å². The predicted molar refractivity (Wildman–Crippen MR) is 90.5 cm³/mol. The fraction of sp³-hybridized carbons (Fsp3) is 0.474. The van der Waals surface area contributed by atoms with Crippen LogP contribution in [-0.4, -0.2) is 37.6 Å². The third-order valence-corrected chi connectivity index (χ3v) is 4.53. The molecule has 2 N–H and O–H groups in total. The molecule has 0 bridgehead atoms. The number of hydrogen-bond donors (Lipinski definition) is 2. The zero-order chi connectivity index (χ0) is 17.5. The van der Waals surface area contributed by atoms with E-state index >= 15 is 0 Å². The van der Waals surface area contributed by atoms with Crippen LogP contribution in [0.25, 0.3) is 0 Å². The molecule has 1 aliphatic rings. The first kappa shape index (κ1) is 18.1. The first-order valence-corrected chi connectivity index (χ1v) is 8.55. The van der Waals surface area contributed by atoms with Gasteiger partial charge in [0.05, 0.1) is 19.0 Å². The third kappa shape index (κ3) is 4.89. The van der Waals surface area contributed by atoms with Gasteiger partial charge in [-0.1, -0.05) is 12.1 Å². The number of nitrogens with one attached hydrogen (secondary N) is 1. The van der Waals surface area contributed by atoms with Crippen LogP contribution in [0.4, 0.5) is 4.39 Å². The molecule has 1 fully saturated rings. The number of aliphatic hydroxyl groups is 1. The molecule has 0 amide bonds. The van der Waals surface area contributed by atoms with Crippen LogP contribution >= 0.6 is 0 Å². The highest BCUT2D eigenvalue weighted by atomic mass is 19.1. The standard InChI is InChI=1S/C19H24FNO4/c20-16-4-1-3-15(11-16)19(6-9-23-10-7-19)21-12-17(22)13-24-14-18-5-2-8-25-18/h1-5,8,11,17,21-22H,6-7,9-10,12-14H2. The first-order chi connectivity index (χ1) is 12.2. The molecule has 2 heterocycles. The summed E-state index contributed by atoms with van der Waals surface area (Å²) in [6.45, 7) is 2.09. The van der Waals surface area contributed by atoms with Crippen molar-refractivity contribution in [1.82, 2.24) is 5.32 Å². The van der Waals surface area contributed by atoms with Gasteiger partial charge in [0.1, 0.15) is 18.2 Å². The predicted octanol–water partition coefficient (Wildman–Crippen LogP) is 2.59. The number of aliphatic hydroxyl groups excluding tert-OH is 1. The van der Waals surface area contributed by atoms with Crippen LogP contribution in [0.15, 0.2) is 47.1 Å². The van der Waals surface area contributed by atoms with Gasteiger partial charge in [-0.15, -0.1) is 0 Å². The Kier molecular flexibility index (Phi) is 6.20. The van der Waals surface area contributed by atoms with E-state index in [1.54, 1.807) is 24.5 Å². The van der Waals surface area contributed by atoms with Gasteiger partial charge in [-0.2, -0.15) is 0 Å². The van der Waals surface area contributed by atoms with Crippen molar-refractivity contribution in [3.8, 4) is 0 Å². The molecule has 0 aliphatic carbocycles. The average molecular weight is 349 g/mol. The number of hydrogen-bond acceptors (Lipinski definition) is 5. The van der Waals surface area contributed by atoms with Crippen molar-refractivity contribution >= 4 is 0 Å². The van der Waals surface area contributed by atoms with Crippen molar-refractivity contribution < 1.29 is 23.4 Å². The Morgan fingerprint density at radius 3 is 2.80 bits per heavy atom. The van der Waals surface area contributed by atoms with Gasteiger partial charge in [-0.25, -0.2) is 4.39 Å². The van der Waals surface area contributed by atoms with Gasteiger partial charge in [0.15, 0.2) is 0 Å². The van der Waals surface area contributed by atoms with E-state index in [2.05, 4.69) is 5.32 Å². The van der Waals surface area contributed by atoms with Gasteiger partial charge in [0.25, 0.3) is 0 Å². The Morgan fingerprint density at radius 1 is 1.24 bits per heavy atom. The maximum Gasteiger partial charge on any atom is 0.129 e. The number of ether oxygens (including phenoxy) is 2. The van der Waals surface area contributed by atoms with Crippen molar-refractivity contribution in [2.75, 3.05) is 26.4 Å². The quantitative estimate of drug-likeness (QED) is 0.767. The molecule has 1 saturated heterocycles. The van der Waals surface area contributed by atoms with Crippen LogP contribution in [0, 0.1) is 5.82 Å². The highest BCUT2D eigenvalue weighted by Crippen LogP contribution is 2.32. The second-order valence-corrected chi connectivity index (χ2v) is 6.33. The normalized spacial score (nSPS) is 18.2. The van der Waals surface area contributed by atoms with E-state index in [1.807, 2.05) is 12.1 Å². The van der Waals surface area contributed by atoms with Crippen LogP contribution in [0.2, 0.25) is 0 Å². The van der Waals surface area contributed by atoms with Crippen LogP contribution in [-0.2, 0) is 21.6 Å². The van der Waals surface area contributed by atoms with E-state index in [4.69, 9.17) is 13.9 Å². The van der Waals surface area contributed by atoms with Crippen molar-refractivity contribution in [3.63, 3.8) is 0 Å². The smallest absolute Gasteiger partial charge is 0.129 e. The SMILES string of the molecule is OC(CNC1(c2cccc(F)c2)CCOCC1)COCc1ccco1. The van der Waals surface area contributed by atoms with E-state index in [0.717, 1.165) is 24.2 Å². The molecule has 25 heavy (non-hydrogen) atoms. The lowest BCUT2D eigenvalue weighted by Crippen LogP contribution is -2.49. The lowest BCUT2D eigenvalue weighted by molar-refractivity contribution is 0.00392. The van der Waals surface area contributed by atoms with E-state index < -0.39 is 6.10 Å². The third-order valence-electron chi connectivity index (χ3n) is 4.53. The summed E-state index contributed by atoms with van der Waals surface area (Å²) in [4.78, 5) is 0. The minimum absolute atomic E-state index is 0.198. The Hall–Kier alpha value is -1.73. The highest BCUT2D eigenvalue weighted by Gasteiger charge is 2.34. The van der Waals surface area contributed by atoms with Crippen LogP contribution in [0.5, 0.6) is 0 Å². The maximum atomic E-state index is 13.7. The average Bonchev–Trinajstić information content (AvgIpc) is 3.14. The van der Waals surface area contributed by atoms with Crippen molar-refractivity contribution in [1.29, 1.82) is 0 Å². The number of benzene rings is 1. The number of furan rings is 1. The maximum absolute atomic E-state index is 13.7. The minimum atomic E-state index is -0.664. The molecule has 6 heteroatoms. The summed E-state index contributed by atoms with van der Waals surface area (Å²) in [5.41, 5.74) is 0.502. The molecule has 1 aromatic heterocycles. The highest BCUT2D eigenvalue weighted by molar-refractivity contribution is 5.26. The van der Waals surface area contributed by atoms with Crippen LogP contribution in [0.3, 0.4) is 0 Å². The van der Waals surface area contributed by atoms with E-state index in [1.165, 1.54) is 6.07 Å². The molecular formula is C19H24FNO4. The molecule has 0 spiro atoms. The van der Waals surface area contributed by atoms with E-state index in [0.29, 0.717) is 26.4 Å². The van der Waals surface area contributed by atoms with Crippen molar-refractivity contribution in [3.05, 3.63) is 59.8 Å². The zero-order valence-electron chi connectivity index (χ0n) is 14.1. The van der Waals surface area contributed by atoms with Crippen LogP contribution in [0.1, 0.15) is 24.2 Å². The van der Waals surface area contributed by atoms with Crippen molar-refractivity contribution in [2.45, 2.75) is 31.1 Å². The lowest BCUT2D eigenvalue weighted by Gasteiger charge is -2.39. The largest absolute Gasteiger partial charge is 0.467 e. The Labute approximate surface area is 146 Å². The van der Waals surface area contributed by atoms with Crippen LogP contribution < -0.4 is 5.32 Å². The molecule has 1 atom stereocenters. The summed E-state index contributed by atoms with van der Waals surface area (Å²) in [6.07, 6.45) is 2.39. The second kappa shape index (κ2) is 8.58. The van der Waals surface area contributed by atoms with E-state index in [-0.39, 0.29) is 18.0 Å². The molecule has 1 unspecified atom stereocenters. The van der Waals surface area contributed by atoms with Gasteiger partial charge in [-0.05, 0) is 42.7 Å². The molecule has 1 aromatic carbocycles. The summed E-state index contributed by atoms with van der Waals surface area (Å²) in [7, 11) is 0. The topological polar surface area (TPSA) is 63.9 Å². The molecule has 0 radical (unpaired) electrons. The van der Waals surface area contributed by atoms with Gasteiger partial charge in [0, 0.05) is 25.3 Å². The fourth-order valence-electron chi connectivity index (χ4n) is 3.14. The molecular weight excluding hydrogens is 325 g/mol. The summed E-state index contributed by atoms with van der Waals surface area (Å²) in [5, 5.41) is 13.6. The molecule has 0 saturated carbocycles. The summed E-state index contributed by atoms with van der Waals surface area (Å²) in [5.74, 6) is 0.466. The minimum Gasteiger partial charge on any atom is -0.467 e. The molecule has 1 aliphatic heterocycles. The summed E-state index contributed by atoms with van der Waals surface area (Å²) in [6, 6.07) is 10.2. The summed E-state index contributed by atoms with van der Waals surface area (Å²) >= 11 is 0. The Bertz CT molecular complexity index is 641. The number of halogens is 1.